The fourth-order valence-corrected chi connectivity index (χ4v) is 10.4. The average molecular weight is 795 g/mol. The van der Waals surface area contributed by atoms with Gasteiger partial charge in [0, 0.05) is 59.1 Å². The molecule has 3 heteroatoms. The quantitative estimate of drug-likeness (QED) is 0.156. The number of para-hydroxylation sites is 1. The first kappa shape index (κ1) is 35.2. The lowest BCUT2D eigenvalue weighted by atomic mass is 10.0. The van der Waals surface area contributed by atoms with Crippen LogP contribution in [0, 0.1) is 0 Å². The number of hydrogen-bond donors (Lipinski definition) is 0. The summed E-state index contributed by atoms with van der Waals surface area (Å²) in [6.45, 7) is 0. The van der Waals surface area contributed by atoms with Gasteiger partial charge in [0.2, 0.25) is 0 Å². The number of rotatable bonds is 7. The Morgan fingerprint density at radius 1 is 0.311 bits per heavy atom. The molecular formula is C58H38N2S. The van der Waals surface area contributed by atoms with Crippen LogP contribution in [0.15, 0.2) is 231 Å². The zero-order valence-electron chi connectivity index (χ0n) is 33.2. The summed E-state index contributed by atoms with van der Waals surface area (Å²) in [6, 6.07) is 84.1. The molecule has 2 heterocycles. The van der Waals surface area contributed by atoms with Crippen molar-refractivity contribution in [3.63, 3.8) is 0 Å². The number of thiophene rings is 1. The summed E-state index contributed by atoms with van der Waals surface area (Å²) in [5.41, 5.74) is 14.2. The second kappa shape index (κ2) is 14.5. The predicted molar refractivity (Wildman–Crippen MR) is 262 cm³/mol. The van der Waals surface area contributed by atoms with Crippen LogP contribution in [-0.2, 0) is 0 Å². The van der Waals surface area contributed by atoms with E-state index in [0.717, 1.165) is 22.7 Å². The molecule has 286 valence electrons. The zero-order chi connectivity index (χ0) is 40.3. The fraction of sp³-hybridized carbons (Fsp3) is 0. The van der Waals surface area contributed by atoms with Crippen molar-refractivity contribution in [2.75, 3.05) is 4.90 Å². The molecule has 10 aromatic carbocycles. The molecule has 0 saturated heterocycles. The Labute approximate surface area is 358 Å². The average Bonchev–Trinajstić information content (AvgIpc) is 3.88. The number of nitrogens with zero attached hydrogens (tertiary/aromatic N) is 2. The van der Waals surface area contributed by atoms with E-state index >= 15 is 0 Å². The number of benzene rings is 10. The Balaban J connectivity index is 0.969. The van der Waals surface area contributed by atoms with Crippen molar-refractivity contribution in [3.8, 4) is 39.1 Å². The first-order chi connectivity index (χ1) is 30.2. The van der Waals surface area contributed by atoms with E-state index < -0.39 is 0 Å². The summed E-state index contributed by atoms with van der Waals surface area (Å²) in [6.07, 6.45) is 0. The second-order valence-corrected chi connectivity index (χ2v) is 16.8. The third kappa shape index (κ3) is 6.09. The number of fused-ring (bicyclic) bond motifs is 8. The summed E-state index contributed by atoms with van der Waals surface area (Å²) in [4.78, 5) is 2.39. The van der Waals surface area contributed by atoms with Gasteiger partial charge in [0.15, 0.2) is 0 Å². The summed E-state index contributed by atoms with van der Waals surface area (Å²) in [7, 11) is 0. The van der Waals surface area contributed by atoms with Crippen LogP contribution in [0.4, 0.5) is 17.1 Å². The van der Waals surface area contributed by atoms with Gasteiger partial charge in [0.25, 0.3) is 0 Å². The van der Waals surface area contributed by atoms with Gasteiger partial charge in [-0.25, -0.2) is 0 Å². The smallest absolute Gasteiger partial charge is 0.0619 e. The molecule has 0 spiro atoms. The lowest BCUT2D eigenvalue weighted by molar-refractivity contribution is 1.19. The van der Waals surface area contributed by atoms with E-state index in [1.807, 2.05) is 11.3 Å². The monoisotopic (exact) mass is 794 g/mol. The van der Waals surface area contributed by atoms with Gasteiger partial charge >= 0.3 is 0 Å². The minimum Gasteiger partial charge on any atom is -0.310 e. The molecule has 0 saturated carbocycles. The normalized spacial score (nSPS) is 11.6. The number of hydrogen-bond acceptors (Lipinski definition) is 2. The van der Waals surface area contributed by atoms with Gasteiger partial charge in [-0.3, -0.25) is 0 Å². The molecule has 0 amide bonds. The molecule has 0 fully saturated rings. The van der Waals surface area contributed by atoms with E-state index in [9.17, 15) is 0 Å². The van der Waals surface area contributed by atoms with Gasteiger partial charge in [-0.15, -0.1) is 11.3 Å². The lowest BCUT2D eigenvalue weighted by Crippen LogP contribution is -2.09. The van der Waals surface area contributed by atoms with E-state index in [1.54, 1.807) is 0 Å². The van der Waals surface area contributed by atoms with Crippen molar-refractivity contribution in [3.05, 3.63) is 231 Å². The largest absolute Gasteiger partial charge is 0.310 e. The Morgan fingerprint density at radius 2 is 0.787 bits per heavy atom. The van der Waals surface area contributed by atoms with Crippen molar-refractivity contribution in [1.82, 2.24) is 4.57 Å². The molecule has 12 rings (SSSR count). The van der Waals surface area contributed by atoms with Crippen LogP contribution in [0.5, 0.6) is 0 Å². The van der Waals surface area contributed by atoms with E-state index in [1.165, 1.54) is 86.1 Å². The second-order valence-electron chi connectivity index (χ2n) is 15.7. The Kier molecular flexibility index (Phi) is 8.39. The van der Waals surface area contributed by atoms with Crippen LogP contribution in [0.2, 0.25) is 0 Å². The number of aromatic nitrogens is 1. The molecule has 61 heavy (non-hydrogen) atoms. The number of anilines is 3. The van der Waals surface area contributed by atoms with Gasteiger partial charge in [0.05, 0.1) is 11.0 Å². The van der Waals surface area contributed by atoms with Crippen molar-refractivity contribution in [1.29, 1.82) is 0 Å². The van der Waals surface area contributed by atoms with Crippen LogP contribution in [0.3, 0.4) is 0 Å². The summed E-state index contributed by atoms with van der Waals surface area (Å²) in [5, 5.41) is 7.60. The minimum atomic E-state index is 1.11. The molecule has 0 aliphatic heterocycles. The van der Waals surface area contributed by atoms with Crippen LogP contribution in [0.25, 0.3) is 91.8 Å². The van der Waals surface area contributed by atoms with E-state index in [0.29, 0.717) is 0 Å². The zero-order valence-corrected chi connectivity index (χ0v) is 34.1. The van der Waals surface area contributed by atoms with Crippen LogP contribution < -0.4 is 4.90 Å². The standard InChI is InChI=1S/C58H38N2S/c1-4-12-39(13-5-1)41-20-27-47(28-21-41)59(49-31-35-53-52-33-26-45(40-14-6-2-7-15-40)37-56(52)61-57(53)38-49)48-29-22-42(23-30-48)44-25-32-51-54-34-24-43-16-10-11-19-50(43)58(54)60(55(51)36-44)46-17-8-3-9-18-46/h1-38H. The van der Waals surface area contributed by atoms with Crippen LogP contribution in [0.1, 0.15) is 0 Å². The van der Waals surface area contributed by atoms with Crippen LogP contribution >= 0.6 is 11.3 Å². The topological polar surface area (TPSA) is 8.17 Å². The molecular weight excluding hydrogens is 757 g/mol. The molecule has 0 unspecified atom stereocenters. The van der Waals surface area contributed by atoms with E-state index in [-0.39, 0.29) is 0 Å². The Morgan fingerprint density at radius 3 is 1.48 bits per heavy atom. The molecule has 0 atom stereocenters. The van der Waals surface area contributed by atoms with Crippen molar-refractivity contribution >= 4 is 81.1 Å². The molecule has 2 nitrogen and oxygen atoms in total. The van der Waals surface area contributed by atoms with Gasteiger partial charge in [-0.05, 0) is 99.4 Å². The fourth-order valence-electron chi connectivity index (χ4n) is 9.20. The summed E-state index contributed by atoms with van der Waals surface area (Å²) in [5.74, 6) is 0. The molecule has 2 aromatic heterocycles. The minimum absolute atomic E-state index is 1.11. The predicted octanol–water partition coefficient (Wildman–Crippen LogP) is 16.8. The first-order valence-corrected chi connectivity index (χ1v) is 21.6. The first-order valence-electron chi connectivity index (χ1n) is 20.8. The maximum Gasteiger partial charge on any atom is 0.0619 e. The van der Waals surface area contributed by atoms with Crippen LogP contribution in [-0.4, -0.2) is 4.57 Å². The van der Waals surface area contributed by atoms with E-state index in [2.05, 4.69) is 240 Å². The molecule has 0 N–H and O–H groups in total. The highest BCUT2D eigenvalue weighted by Crippen LogP contribution is 2.43. The maximum absolute atomic E-state index is 2.44. The summed E-state index contributed by atoms with van der Waals surface area (Å²) >= 11 is 1.87. The van der Waals surface area contributed by atoms with Gasteiger partial charge < -0.3 is 9.47 Å². The molecule has 0 aliphatic carbocycles. The van der Waals surface area contributed by atoms with Gasteiger partial charge in [0.1, 0.15) is 0 Å². The summed E-state index contributed by atoms with van der Waals surface area (Å²) < 4.78 is 5.02. The van der Waals surface area contributed by atoms with Gasteiger partial charge in [-0.2, -0.15) is 0 Å². The maximum atomic E-state index is 2.44. The van der Waals surface area contributed by atoms with E-state index in [4.69, 9.17) is 0 Å². The molecule has 0 aliphatic rings. The lowest BCUT2D eigenvalue weighted by Gasteiger charge is -2.26. The Bertz CT molecular complexity index is 3550. The SMILES string of the molecule is c1ccc(-c2ccc(N(c3ccc(-c4ccc5c6ccc7ccccc7c6n(-c6ccccc6)c5c4)cc3)c3ccc4c(c3)sc3cc(-c5ccccc5)ccc34)cc2)cc1. The highest BCUT2D eigenvalue weighted by atomic mass is 32.1. The Hall–Kier alpha value is -7.72. The third-order valence-electron chi connectivity index (χ3n) is 12.2. The van der Waals surface area contributed by atoms with Gasteiger partial charge in [-0.1, -0.05) is 170 Å². The van der Waals surface area contributed by atoms with Crippen molar-refractivity contribution in [2.45, 2.75) is 0 Å². The molecule has 0 bridgehead atoms. The highest BCUT2D eigenvalue weighted by Gasteiger charge is 2.18. The van der Waals surface area contributed by atoms with Crippen molar-refractivity contribution in [2.24, 2.45) is 0 Å². The molecule has 12 aromatic rings. The van der Waals surface area contributed by atoms with Crippen molar-refractivity contribution < 1.29 is 0 Å². The molecule has 0 radical (unpaired) electrons. The highest BCUT2D eigenvalue weighted by molar-refractivity contribution is 7.25. The third-order valence-corrected chi connectivity index (χ3v) is 13.3.